The first-order chi connectivity index (χ1) is 8.45. The van der Waals surface area contributed by atoms with E-state index in [0.717, 1.165) is 6.07 Å². The normalized spacial score (nSPS) is 11.8. The summed E-state index contributed by atoms with van der Waals surface area (Å²) in [5.41, 5.74) is 0.290. The lowest BCUT2D eigenvalue weighted by Crippen LogP contribution is -2.27. The largest absolute Gasteiger partial charge is 0.477 e. The van der Waals surface area contributed by atoms with E-state index in [0.29, 0.717) is 16.0 Å². The summed E-state index contributed by atoms with van der Waals surface area (Å²) in [4.78, 5) is 0. The third-order valence-electron chi connectivity index (χ3n) is 2.36. The molecule has 0 aliphatic rings. The molecule has 0 unspecified atom stereocenters. The number of benzene rings is 1. The van der Waals surface area contributed by atoms with Crippen molar-refractivity contribution in [2.75, 3.05) is 6.61 Å². The summed E-state index contributed by atoms with van der Waals surface area (Å²) in [6.07, 6.45) is 0. The van der Waals surface area contributed by atoms with Gasteiger partial charge in [-0.15, -0.1) is 0 Å². The summed E-state index contributed by atoms with van der Waals surface area (Å²) in [6, 6.07) is 5.73. The summed E-state index contributed by atoms with van der Waals surface area (Å²) < 4.78 is 37.2. The average molecular weight is 274 g/mol. The van der Waals surface area contributed by atoms with Crippen molar-refractivity contribution in [2.45, 2.75) is 12.8 Å². The molecule has 1 N–H and O–H groups in total. The Kier molecular flexibility index (Phi) is 3.26. The van der Waals surface area contributed by atoms with Crippen LogP contribution in [0.5, 0.6) is 0 Å². The average Bonchev–Trinajstić information content (AvgIpc) is 2.72. The second kappa shape index (κ2) is 4.57. The highest BCUT2D eigenvalue weighted by Crippen LogP contribution is 2.34. The zero-order valence-electron chi connectivity index (χ0n) is 9.47. The zero-order valence-corrected chi connectivity index (χ0v) is 10.2. The molecule has 0 aliphatic carbocycles. The number of fused-ring (bicyclic) bond motifs is 1. The molecule has 0 saturated carbocycles. The second-order valence-corrected chi connectivity index (χ2v) is 4.07. The molecule has 0 fully saturated rings. The van der Waals surface area contributed by atoms with Gasteiger partial charge < -0.3 is 9.15 Å². The minimum atomic E-state index is -3.58. The van der Waals surface area contributed by atoms with E-state index in [9.17, 15) is 8.78 Å². The van der Waals surface area contributed by atoms with E-state index in [1.807, 2.05) is 0 Å². The standard InChI is InChI=1S/C12H10ClF2NO2/c1-2-17-11(16)12(14,15)10-6-7-5-8(13)3-4-9(7)18-10/h3-6,16H,2H2,1H3. The Morgan fingerprint density at radius 3 is 2.83 bits per heavy atom. The lowest BCUT2D eigenvalue weighted by Gasteiger charge is -2.14. The molecule has 0 saturated heterocycles. The number of halogens is 3. The third-order valence-corrected chi connectivity index (χ3v) is 2.60. The van der Waals surface area contributed by atoms with Crippen molar-refractivity contribution >= 4 is 28.5 Å². The molecular weight excluding hydrogens is 264 g/mol. The molecule has 1 heterocycles. The SMILES string of the molecule is CCOC(=N)C(F)(F)c1cc2cc(Cl)ccc2o1. The van der Waals surface area contributed by atoms with Crippen LogP contribution in [0.2, 0.25) is 5.02 Å². The van der Waals surface area contributed by atoms with Crippen molar-refractivity contribution in [3.8, 4) is 0 Å². The topological polar surface area (TPSA) is 46.2 Å². The molecule has 0 aliphatic heterocycles. The molecule has 0 bridgehead atoms. The van der Waals surface area contributed by atoms with Crippen molar-refractivity contribution in [2.24, 2.45) is 0 Å². The van der Waals surface area contributed by atoms with Crippen LogP contribution in [0.3, 0.4) is 0 Å². The van der Waals surface area contributed by atoms with Crippen LogP contribution in [-0.2, 0) is 10.7 Å². The number of ether oxygens (including phenoxy) is 1. The molecule has 96 valence electrons. The van der Waals surface area contributed by atoms with Gasteiger partial charge in [-0.1, -0.05) is 11.6 Å². The Balaban J connectivity index is 2.44. The highest BCUT2D eigenvalue weighted by atomic mass is 35.5. The van der Waals surface area contributed by atoms with E-state index >= 15 is 0 Å². The van der Waals surface area contributed by atoms with Crippen molar-refractivity contribution in [1.82, 2.24) is 0 Å². The van der Waals surface area contributed by atoms with Gasteiger partial charge in [-0.2, -0.15) is 8.78 Å². The summed E-state index contributed by atoms with van der Waals surface area (Å²) in [5, 5.41) is 8.07. The molecule has 1 aromatic heterocycles. The molecule has 1 aromatic carbocycles. The zero-order chi connectivity index (χ0) is 13.3. The van der Waals surface area contributed by atoms with Crippen LogP contribution in [0.15, 0.2) is 28.7 Å². The predicted octanol–water partition coefficient (Wildman–Crippen LogP) is 4.19. The van der Waals surface area contributed by atoms with E-state index < -0.39 is 17.6 Å². The maximum Gasteiger partial charge on any atom is 0.377 e. The third kappa shape index (κ3) is 2.18. The smallest absolute Gasteiger partial charge is 0.377 e. The Hall–Kier alpha value is -1.62. The Morgan fingerprint density at radius 1 is 1.44 bits per heavy atom. The maximum atomic E-state index is 13.8. The first kappa shape index (κ1) is 12.8. The van der Waals surface area contributed by atoms with E-state index in [1.165, 1.54) is 19.1 Å². The van der Waals surface area contributed by atoms with E-state index in [-0.39, 0.29) is 6.61 Å². The Labute approximate surface area is 107 Å². The number of furan rings is 1. The van der Waals surface area contributed by atoms with E-state index in [4.69, 9.17) is 21.4 Å². The van der Waals surface area contributed by atoms with Gasteiger partial charge in [0.05, 0.1) is 6.61 Å². The number of rotatable bonds is 3. The maximum absolute atomic E-state index is 13.8. The van der Waals surface area contributed by atoms with Gasteiger partial charge in [-0.3, -0.25) is 5.41 Å². The summed E-state index contributed by atoms with van der Waals surface area (Å²) in [5.74, 6) is -5.34. The number of hydrogen-bond donors (Lipinski definition) is 1. The number of nitrogens with one attached hydrogen (secondary N) is 1. The lowest BCUT2D eigenvalue weighted by atomic mass is 10.2. The number of hydrogen-bond acceptors (Lipinski definition) is 3. The van der Waals surface area contributed by atoms with Crippen molar-refractivity contribution in [3.63, 3.8) is 0 Å². The highest BCUT2D eigenvalue weighted by molar-refractivity contribution is 6.31. The van der Waals surface area contributed by atoms with E-state index in [1.54, 1.807) is 6.07 Å². The van der Waals surface area contributed by atoms with Gasteiger partial charge in [0.25, 0.3) is 5.90 Å². The molecule has 0 amide bonds. The van der Waals surface area contributed by atoms with E-state index in [2.05, 4.69) is 4.74 Å². The van der Waals surface area contributed by atoms with Gasteiger partial charge in [-0.25, -0.2) is 0 Å². The Morgan fingerprint density at radius 2 is 2.17 bits per heavy atom. The molecule has 6 heteroatoms. The molecule has 2 rings (SSSR count). The number of alkyl halides is 2. The molecule has 3 nitrogen and oxygen atoms in total. The molecule has 0 spiro atoms. The van der Waals surface area contributed by atoms with Gasteiger partial charge in [-0.05, 0) is 31.2 Å². The second-order valence-electron chi connectivity index (χ2n) is 3.63. The first-order valence-corrected chi connectivity index (χ1v) is 5.62. The van der Waals surface area contributed by atoms with Crippen molar-refractivity contribution in [3.05, 3.63) is 35.0 Å². The molecule has 2 aromatic rings. The van der Waals surface area contributed by atoms with Gasteiger partial charge in [0.2, 0.25) is 0 Å². The van der Waals surface area contributed by atoms with Crippen molar-refractivity contribution in [1.29, 1.82) is 5.41 Å². The fraction of sp³-hybridized carbons (Fsp3) is 0.250. The molecule has 0 radical (unpaired) electrons. The minimum Gasteiger partial charge on any atom is -0.477 e. The minimum absolute atomic E-state index is 0.000476. The Bertz CT molecular complexity index is 595. The summed E-state index contributed by atoms with van der Waals surface area (Å²) in [7, 11) is 0. The van der Waals surface area contributed by atoms with Gasteiger partial charge in [0.1, 0.15) is 5.58 Å². The fourth-order valence-electron chi connectivity index (χ4n) is 1.52. The van der Waals surface area contributed by atoms with Crippen molar-refractivity contribution < 1.29 is 17.9 Å². The van der Waals surface area contributed by atoms with Gasteiger partial charge in [0, 0.05) is 10.4 Å². The van der Waals surface area contributed by atoms with Crippen LogP contribution in [0.25, 0.3) is 11.0 Å². The molecule has 0 atom stereocenters. The van der Waals surface area contributed by atoms with Gasteiger partial charge in [0.15, 0.2) is 5.76 Å². The summed E-state index contributed by atoms with van der Waals surface area (Å²) >= 11 is 5.76. The van der Waals surface area contributed by atoms with Crippen LogP contribution < -0.4 is 0 Å². The van der Waals surface area contributed by atoms with Crippen LogP contribution >= 0.6 is 11.6 Å². The highest BCUT2D eigenvalue weighted by Gasteiger charge is 2.42. The predicted molar refractivity (Wildman–Crippen MR) is 64.5 cm³/mol. The van der Waals surface area contributed by atoms with Crippen LogP contribution in [0.1, 0.15) is 12.7 Å². The molecular formula is C12H10ClF2NO2. The van der Waals surface area contributed by atoms with Crippen LogP contribution in [-0.4, -0.2) is 12.5 Å². The molecule has 18 heavy (non-hydrogen) atoms. The van der Waals surface area contributed by atoms with Gasteiger partial charge >= 0.3 is 5.92 Å². The lowest BCUT2D eigenvalue weighted by molar-refractivity contribution is 0.0224. The fourth-order valence-corrected chi connectivity index (χ4v) is 1.70. The summed E-state index contributed by atoms with van der Waals surface area (Å²) in [6.45, 7) is 1.53. The quantitative estimate of drug-likeness (QED) is 0.673. The first-order valence-electron chi connectivity index (χ1n) is 5.24. The van der Waals surface area contributed by atoms with Crippen LogP contribution in [0.4, 0.5) is 8.78 Å². The van der Waals surface area contributed by atoms with Crippen LogP contribution in [0, 0.1) is 5.41 Å². The monoisotopic (exact) mass is 273 g/mol.